The topological polar surface area (TPSA) is 72.9 Å². The molecule has 0 saturated heterocycles. The Hall–Kier alpha value is -1.28. The number of rotatable bonds is 5. The monoisotopic (exact) mass is 314 g/mol. The fraction of sp³-hybridized carbons (Fsp3) is 0.636. The van der Waals surface area contributed by atoms with Crippen LogP contribution < -0.4 is 11.1 Å². The Kier molecular flexibility index (Phi) is 6.49. The van der Waals surface area contributed by atoms with E-state index in [2.05, 4.69) is 10.4 Å². The van der Waals surface area contributed by atoms with Gasteiger partial charge < -0.3 is 11.1 Å². The van der Waals surface area contributed by atoms with E-state index in [4.69, 9.17) is 5.73 Å². The van der Waals surface area contributed by atoms with E-state index in [9.17, 15) is 18.0 Å². The minimum atomic E-state index is -4.35. The molecular formula is C11H18ClF3N4O. The quantitative estimate of drug-likeness (QED) is 0.876. The van der Waals surface area contributed by atoms with Crippen molar-refractivity contribution in [2.45, 2.75) is 44.9 Å². The van der Waals surface area contributed by atoms with E-state index in [-0.39, 0.29) is 18.2 Å². The van der Waals surface area contributed by atoms with E-state index >= 15 is 0 Å². The van der Waals surface area contributed by atoms with Crippen LogP contribution in [0.4, 0.5) is 19.0 Å². The van der Waals surface area contributed by atoms with Crippen LogP contribution in [-0.4, -0.2) is 27.4 Å². The van der Waals surface area contributed by atoms with Crippen LogP contribution in [0.5, 0.6) is 0 Å². The van der Waals surface area contributed by atoms with Crippen LogP contribution in [0.15, 0.2) is 12.3 Å². The van der Waals surface area contributed by atoms with E-state index in [1.165, 1.54) is 6.07 Å². The molecule has 0 bridgehead atoms. The van der Waals surface area contributed by atoms with Crippen molar-refractivity contribution in [2.24, 2.45) is 5.73 Å². The summed E-state index contributed by atoms with van der Waals surface area (Å²) in [5.41, 5.74) is 4.73. The molecule has 0 saturated carbocycles. The first-order chi connectivity index (χ1) is 8.64. The van der Waals surface area contributed by atoms with Gasteiger partial charge in [0.25, 0.3) is 0 Å². The largest absolute Gasteiger partial charge is 0.408 e. The molecule has 20 heavy (non-hydrogen) atoms. The van der Waals surface area contributed by atoms with Gasteiger partial charge in [0.2, 0.25) is 5.91 Å². The number of carbonyl (C=O) groups excluding carboxylic acids is 1. The van der Waals surface area contributed by atoms with Crippen LogP contribution in [0.2, 0.25) is 0 Å². The highest BCUT2D eigenvalue weighted by molar-refractivity contribution is 5.96. The highest BCUT2D eigenvalue weighted by Crippen LogP contribution is 2.18. The van der Waals surface area contributed by atoms with E-state index in [1.807, 2.05) is 6.92 Å². The van der Waals surface area contributed by atoms with Gasteiger partial charge in [-0.05, 0) is 13.3 Å². The fourth-order valence-electron chi connectivity index (χ4n) is 1.59. The highest BCUT2D eigenvalue weighted by Gasteiger charge is 2.30. The summed E-state index contributed by atoms with van der Waals surface area (Å²) >= 11 is 0. The lowest BCUT2D eigenvalue weighted by Crippen LogP contribution is -2.48. The average Bonchev–Trinajstić information content (AvgIpc) is 2.62. The molecule has 3 N–H and O–H groups in total. The van der Waals surface area contributed by atoms with Gasteiger partial charge in [0.05, 0.1) is 5.54 Å². The van der Waals surface area contributed by atoms with Crippen molar-refractivity contribution < 1.29 is 18.0 Å². The first-order valence-corrected chi connectivity index (χ1v) is 5.84. The molecule has 1 aromatic rings. The number of aromatic nitrogens is 2. The zero-order chi connectivity index (χ0) is 14.7. The molecular weight excluding hydrogens is 297 g/mol. The minimum absolute atomic E-state index is 0. The Labute approximate surface area is 121 Å². The summed E-state index contributed by atoms with van der Waals surface area (Å²) < 4.78 is 37.1. The molecule has 1 atom stereocenters. The van der Waals surface area contributed by atoms with Crippen LogP contribution in [0.25, 0.3) is 0 Å². The second kappa shape index (κ2) is 6.94. The maximum atomic E-state index is 12.1. The molecule has 1 aromatic heterocycles. The Morgan fingerprint density at radius 2 is 2.10 bits per heavy atom. The minimum Gasteiger partial charge on any atom is -0.318 e. The second-order valence-electron chi connectivity index (χ2n) is 4.64. The summed E-state index contributed by atoms with van der Waals surface area (Å²) in [5.74, 6) is -0.409. The first kappa shape index (κ1) is 18.7. The van der Waals surface area contributed by atoms with Crippen LogP contribution in [0, 0.1) is 0 Å². The number of nitrogens with zero attached hydrogens (tertiary/aromatic N) is 2. The zero-order valence-electron chi connectivity index (χ0n) is 11.2. The van der Waals surface area contributed by atoms with Crippen LogP contribution in [0.1, 0.15) is 26.7 Å². The SMILES string of the molecule is CCCC(C)(N)C(=O)Nc1ccn(CC(F)(F)F)n1.Cl. The molecule has 0 aliphatic rings. The number of hydrogen-bond donors (Lipinski definition) is 2. The van der Waals surface area contributed by atoms with Crippen molar-refractivity contribution in [3.63, 3.8) is 0 Å². The van der Waals surface area contributed by atoms with E-state index in [1.54, 1.807) is 6.92 Å². The van der Waals surface area contributed by atoms with Gasteiger partial charge in [-0.15, -0.1) is 12.4 Å². The molecule has 0 radical (unpaired) electrons. The average molecular weight is 315 g/mol. The van der Waals surface area contributed by atoms with Gasteiger partial charge >= 0.3 is 6.18 Å². The summed E-state index contributed by atoms with van der Waals surface area (Å²) in [6, 6.07) is 1.30. The molecule has 1 rings (SSSR count). The fourth-order valence-corrected chi connectivity index (χ4v) is 1.59. The molecule has 1 unspecified atom stereocenters. The van der Waals surface area contributed by atoms with E-state index in [0.29, 0.717) is 11.1 Å². The third-order valence-corrected chi connectivity index (χ3v) is 2.51. The number of anilines is 1. The highest BCUT2D eigenvalue weighted by atomic mass is 35.5. The lowest BCUT2D eigenvalue weighted by molar-refractivity contribution is -0.142. The van der Waals surface area contributed by atoms with Gasteiger partial charge in [-0.3, -0.25) is 9.48 Å². The van der Waals surface area contributed by atoms with Crippen molar-refractivity contribution in [1.82, 2.24) is 9.78 Å². The van der Waals surface area contributed by atoms with Crippen molar-refractivity contribution >= 4 is 24.1 Å². The van der Waals surface area contributed by atoms with Crippen LogP contribution in [0.3, 0.4) is 0 Å². The Bertz CT molecular complexity index is 445. The van der Waals surface area contributed by atoms with Crippen molar-refractivity contribution in [1.29, 1.82) is 0 Å². The van der Waals surface area contributed by atoms with Gasteiger partial charge in [0.15, 0.2) is 5.82 Å². The van der Waals surface area contributed by atoms with Gasteiger partial charge in [0, 0.05) is 12.3 Å². The molecule has 5 nitrogen and oxygen atoms in total. The smallest absolute Gasteiger partial charge is 0.318 e. The predicted molar refractivity (Wildman–Crippen MR) is 71.7 cm³/mol. The number of nitrogens with one attached hydrogen (secondary N) is 1. The first-order valence-electron chi connectivity index (χ1n) is 5.84. The van der Waals surface area contributed by atoms with Gasteiger partial charge in [-0.1, -0.05) is 13.3 Å². The summed E-state index contributed by atoms with van der Waals surface area (Å²) in [4.78, 5) is 11.8. The van der Waals surface area contributed by atoms with Crippen LogP contribution >= 0.6 is 12.4 Å². The molecule has 1 amide bonds. The molecule has 0 aliphatic carbocycles. The number of amides is 1. The van der Waals surface area contributed by atoms with Crippen molar-refractivity contribution in [3.05, 3.63) is 12.3 Å². The van der Waals surface area contributed by atoms with Crippen molar-refractivity contribution in [3.8, 4) is 0 Å². The standard InChI is InChI=1S/C11H17F3N4O.ClH/c1-3-5-10(2,15)9(19)16-8-4-6-18(17-8)7-11(12,13)14;/h4,6H,3,5,7,15H2,1-2H3,(H,16,17,19);1H. The molecule has 0 aliphatic heterocycles. The maximum Gasteiger partial charge on any atom is 0.408 e. The Morgan fingerprint density at radius 1 is 1.50 bits per heavy atom. The summed E-state index contributed by atoms with van der Waals surface area (Å²) in [7, 11) is 0. The second-order valence-corrected chi connectivity index (χ2v) is 4.64. The van der Waals surface area contributed by atoms with Gasteiger partial charge in [0.1, 0.15) is 6.54 Å². The van der Waals surface area contributed by atoms with Gasteiger partial charge in [-0.25, -0.2) is 0 Å². The van der Waals surface area contributed by atoms with Crippen LogP contribution in [-0.2, 0) is 11.3 Å². The summed E-state index contributed by atoms with van der Waals surface area (Å²) in [5, 5.41) is 6.03. The maximum absolute atomic E-state index is 12.1. The molecule has 9 heteroatoms. The molecule has 116 valence electrons. The lowest BCUT2D eigenvalue weighted by atomic mass is 9.97. The van der Waals surface area contributed by atoms with E-state index in [0.717, 1.165) is 12.6 Å². The summed E-state index contributed by atoms with van der Waals surface area (Å²) in [6.45, 7) is 2.26. The van der Waals surface area contributed by atoms with Crippen molar-refractivity contribution in [2.75, 3.05) is 5.32 Å². The molecule has 0 spiro atoms. The molecule has 0 aromatic carbocycles. The molecule has 1 heterocycles. The van der Waals surface area contributed by atoms with E-state index < -0.39 is 24.2 Å². The van der Waals surface area contributed by atoms with Gasteiger partial charge in [-0.2, -0.15) is 18.3 Å². The third kappa shape index (κ3) is 5.79. The number of halogens is 4. The summed E-state index contributed by atoms with van der Waals surface area (Å²) in [6.07, 6.45) is -2.00. The number of hydrogen-bond acceptors (Lipinski definition) is 3. The number of nitrogens with two attached hydrogens (primary N) is 1. The zero-order valence-corrected chi connectivity index (χ0v) is 12.0. The third-order valence-electron chi connectivity index (χ3n) is 2.51. The normalized spacial score (nSPS) is 14.3. The molecule has 0 fully saturated rings. The predicted octanol–water partition coefficient (Wildman–Crippen LogP) is 2.32. The lowest BCUT2D eigenvalue weighted by Gasteiger charge is -2.21. The Morgan fingerprint density at radius 3 is 2.60 bits per heavy atom. The Balaban J connectivity index is 0.00000361. The number of alkyl halides is 3. The number of carbonyl (C=O) groups is 1.